The third-order valence-electron chi connectivity index (χ3n) is 4.89. The lowest BCUT2D eigenvalue weighted by Crippen LogP contribution is -2.27. The van der Waals surface area contributed by atoms with E-state index >= 15 is 0 Å². The minimum absolute atomic E-state index is 0.118. The molecule has 168 valence electrons. The number of rotatable bonds is 8. The molecule has 0 bridgehead atoms. The predicted molar refractivity (Wildman–Crippen MR) is 137 cm³/mol. The zero-order valence-electron chi connectivity index (χ0n) is 18.3. The molecule has 0 N–H and O–H groups in total. The van der Waals surface area contributed by atoms with E-state index in [1.165, 1.54) is 11.8 Å². The smallest absolute Gasteiger partial charge is 0.270 e. The summed E-state index contributed by atoms with van der Waals surface area (Å²) in [6.45, 7) is 2.74. The molecule has 0 unspecified atom stereocenters. The summed E-state index contributed by atoms with van der Waals surface area (Å²) in [5, 5.41) is 0. The number of methoxy groups -OCH3 is 1. The summed E-state index contributed by atoms with van der Waals surface area (Å²) in [6, 6.07) is 22.8. The topological polar surface area (TPSA) is 48.0 Å². The number of carbonyl (C=O) groups is 1. The van der Waals surface area contributed by atoms with Gasteiger partial charge in [0, 0.05) is 0 Å². The van der Waals surface area contributed by atoms with E-state index < -0.39 is 0 Å². The lowest BCUT2D eigenvalue weighted by Gasteiger charge is -2.14. The highest BCUT2D eigenvalue weighted by Gasteiger charge is 2.33. The van der Waals surface area contributed by atoms with Gasteiger partial charge in [-0.3, -0.25) is 9.69 Å². The van der Waals surface area contributed by atoms with Gasteiger partial charge in [-0.05, 0) is 60.5 Å². The highest BCUT2D eigenvalue weighted by atomic mass is 32.2. The van der Waals surface area contributed by atoms with Gasteiger partial charge < -0.3 is 14.2 Å². The molecule has 0 aromatic heterocycles. The maximum Gasteiger partial charge on any atom is 0.270 e. The maximum atomic E-state index is 13.0. The first kappa shape index (κ1) is 22.9. The van der Waals surface area contributed by atoms with E-state index in [-0.39, 0.29) is 5.91 Å². The summed E-state index contributed by atoms with van der Waals surface area (Å²) in [7, 11) is 1.61. The fraction of sp³-hybridized carbons (Fsp3) is 0.154. The fourth-order valence-electron chi connectivity index (χ4n) is 3.35. The van der Waals surface area contributed by atoms with Crippen molar-refractivity contribution >= 4 is 46.0 Å². The van der Waals surface area contributed by atoms with Crippen LogP contribution in [-0.2, 0) is 4.79 Å². The molecule has 5 nitrogen and oxygen atoms in total. The van der Waals surface area contributed by atoms with Gasteiger partial charge in [-0.25, -0.2) is 0 Å². The number of ether oxygens (including phenoxy) is 3. The van der Waals surface area contributed by atoms with Crippen LogP contribution in [0.1, 0.15) is 11.1 Å². The highest BCUT2D eigenvalue weighted by molar-refractivity contribution is 8.27. The molecule has 1 amide bonds. The van der Waals surface area contributed by atoms with Gasteiger partial charge in [-0.1, -0.05) is 60.4 Å². The van der Waals surface area contributed by atoms with Gasteiger partial charge in [-0.2, -0.15) is 0 Å². The molecule has 3 aromatic carbocycles. The number of amides is 1. The van der Waals surface area contributed by atoms with Gasteiger partial charge in [0.05, 0.1) is 17.7 Å². The average Bonchev–Trinajstić information content (AvgIpc) is 3.09. The molecular weight excluding hydrogens is 454 g/mol. The summed E-state index contributed by atoms with van der Waals surface area (Å²) in [5.74, 6) is 1.93. The number of anilines is 1. The molecule has 4 rings (SSSR count). The van der Waals surface area contributed by atoms with Crippen LogP contribution in [0.5, 0.6) is 17.2 Å². The molecule has 0 saturated carbocycles. The van der Waals surface area contributed by atoms with E-state index in [0.29, 0.717) is 39.7 Å². The van der Waals surface area contributed by atoms with Crippen molar-refractivity contribution in [3.63, 3.8) is 0 Å². The number of hydrogen-bond acceptors (Lipinski definition) is 6. The van der Waals surface area contributed by atoms with Crippen molar-refractivity contribution in [2.75, 3.05) is 25.2 Å². The number of para-hydroxylation sites is 2. The van der Waals surface area contributed by atoms with Crippen molar-refractivity contribution in [1.29, 1.82) is 0 Å². The van der Waals surface area contributed by atoms with Crippen molar-refractivity contribution in [3.8, 4) is 17.2 Å². The second-order valence-corrected chi connectivity index (χ2v) is 8.95. The first-order chi connectivity index (χ1) is 16.0. The van der Waals surface area contributed by atoms with Crippen LogP contribution in [0.3, 0.4) is 0 Å². The molecule has 1 heterocycles. The number of aryl methyl sites for hydroxylation is 1. The predicted octanol–water partition coefficient (Wildman–Crippen LogP) is 5.87. The minimum Gasteiger partial charge on any atom is -0.493 e. The Hall–Kier alpha value is -3.29. The van der Waals surface area contributed by atoms with E-state index in [2.05, 4.69) is 0 Å². The van der Waals surface area contributed by atoms with Crippen LogP contribution >= 0.6 is 24.0 Å². The number of benzene rings is 3. The second kappa shape index (κ2) is 10.6. The van der Waals surface area contributed by atoms with Crippen molar-refractivity contribution in [3.05, 3.63) is 88.8 Å². The lowest BCUT2D eigenvalue weighted by molar-refractivity contribution is -0.113. The molecule has 0 radical (unpaired) electrons. The Bertz CT molecular complexity index is 1210. The Balaban J connectivity index is 1.39. The van der Waals surface area contributed by atoms with Gasteiger partial charge in [-0.15, -0.1) is 0 Å². The zero-order valence-corrected chi connectivity index (χ0v) is 19.9. The zero-order chi connectivity index (χ0) is 23.2. The third-order valence-corrected chi connectivity index (χ3v) is 6.19. The van der Waals surface area contributed by atoms with Gasteiger partial charge in [0.15, 0.2) is 15.8 Å². The molecule has 0 atom stereocenters. The van der Waals surface area contributed by atoms with Crippen LogP contribution in [0.15, 0.2) is 77.7 Å². The Morgan fingerprint density at radius 3 is 2.48 bits per heavy atom. The highest BCUT2D eigenvalue weighted by Crippen LogP contribution is 2.36. The van der Waals surface area contributed by atoms with Crippen molar-refractivity contribution in [2.24, 2.45) is 0 Å². The molecular formula is C26H23NO4S2. The van der Waals surface area contributed by atoms with Gasteiger partial charge in [0.25, 0.3) is 5.91 Å². The molecule has 33 heavy (non-hydrogen) atoms. The summed E-state index contributed by atoms with van der Waals surface area (Å²) in [5.41, 5.74) is 2.72. The summed E-state index contributed by atoms with van der Waals surface area (Å²) >= 11 is 6.77. The van der Waals surface area contributed by atoms with Crippen molar-refractivity contribution in [2.45, 2.75) is 6.92 Å². The van der Waals surface area contributed by atoms with E-state index in [0.717, 1.165) is 16.8 Å². The molecule has 7 heteroatoms. The number of hydrogen-bond donors (Lipinski definition) is 0. The van der Waals surface area contributed by atoms with Gasteiger partial charge in [0.1, 0.15) is 19.0 Å². The minimum atomic E-state index is -0.118. The van der Waals surface area contributed by atoms with Gasteiger partial charge >= 0.3 is 0 Å². The van der Waals surface area contributed by atoms with Gasteiger partial charge in [0.2, 0.25) is 0 Å². The van der Waals surface area contributed by atoms with E-state index in [1.807, 2.05) is 85.8 Å². The van der Waals surface area contributed by atoms with Crippen molar-refractivity contribution < 1.29 is 19.0 Å². The molecule has 0 aliphatic carbocycles. The van der Waals surface area contributed by atoms with E-state index in [1.54, 1.807) is 12.0 Å². The van der Waals surface area contributed by atoms with Crippen LogP contribution in [0.25, 0.3) is 6.08 Å². The third kappa shape index (κ3) is 5.56. The standard InChI is InChI=1S/C26H23NO4S2/c1-18-7-5-9-20(15-18)27-25(28)24(33-26(27)32)17-19-8-6-10-21(16-19)30-13-14-31-23-12-4-3-11-22(23)29-2/h3-12,15-17H,13-14H2,1-2H3/b24-17-. The fourth-order valence-corrected chi connectivity index (χ4v) is 4.65. The van der Waals surface area contributed by atoms with Crippen molar-refractivity contribution in [1.82, 2.24) is 0 Å². The molecule has 1 aliphatic rings. The first-order valence-electron chi connectivity index (χ1n) is 10.4. The van der Waals surface area contributed by atoms with Crippen LogP contribution < -0.4 is 19.1 Å². The van der Waals surface area contributed by atoms with Crippen LogP contribution in [0.4, 0.5) is 5.69 Å². The van der Waals surface area contributed by atoms with Crippen LogP contribution in [0.2, 0.25) is 0 Å². The Kier molecular flexibility index (Phi) is 7.32. The maximum absolute atomic E-state index is 13.0. The van der Waals surface area contributed by atoms with E-state index in [4.69, 9.17) is 26.4 Å². The molecule has 1 aliphatic heterocycles. The number of carbonyl (C=O) groups excluding carboxylic acids is 1. The second-order valence-electron chi connectivity index (χ2n) is 7.28. The lowest BCUT2D eigenvalue weighted by atomic mass is 10.2. The van der Waals surface area contributed by atoms with E-state index in [9.17, 15) is 4.79 Å². The monoisotopic (exact) mass is 477 g/mol. The Labute approximate surface area is 203 Å². The summed E-state index contributed by atoms with van der Waals surface area (Å²) in [6.07, 6.45) is 1.84. The summed E-state index contributed by atoms with van der Waals surface area (Å²) < 4.78 is 17.4. The quantitative estimate of drug-likeness (QED) is 0.230. The van der Waals surface area contributed by atoms with Crippen LogP contribution in [0, 0.1) is 6.92 Å². The molecule has 1 saturated heterocycles. The first-order valence-corrected chi connectivity index (χ1v) is 11.6. The average molecular weight is 478 g/mol. The number of thiocarbonyl (C=S) groups is 1. The number of thioether (sulfide) groups is 1. The Morgan fingerprint density at radius 1 is 0.939 bits per heavy atom. The molecule has 0 spiro atoms. The summed E-state index contributed by atoms with van der Waals surface area (Å²) in [4.78, 5) is 15.2. The normalized spacial score (nSPS) is 14.6. The molecule has 1 fully saturated rings. The largest absolute Gasteiger partial charge is 0.493 e. The van der Waals surface area contributed by atoms with Crippen LogP contribution in [-0.4, -0.2) is 30.6 Å². The Morgan fingerprint density at radius 2 is 1.70 bits per heavy atom. The number of nitrogens with zero attached hydrogens (tertiary/aromatic N) is 1. The molecule has 3 aromatic rings. The SMILES string of the molecule is COc1ccccc1OCCOc1cccc(/C=C2\SC(=S)N(c3cccc(C)c3)C2=O)c1.